The topological polar surface area (TPSA) is 73.9 Å². The SMILES string of the molecule is CC(C(=O)Nc1ccccc1-c1ncn[nH]1)N1CCCCCC1. The third kappa shape index (κ3) is 3.76. The van der Waals surface area contributed by atoms with Gasteiger partial charge in [-0.1, -0.05) is 25.0 Å². The normalized spacial score (nSPS) is 17.4. The number of nitrogens with one attached hydrogen (secondary N) is 2. The van der Waals surface area contributed by atoms with Crippen LogP contribution in [0.2, 0.25) is 0 Å². The van der Waals surface area contributed by atoms with Crippen LogP contribution in [0, 0.1) is 0 Å². The zero-order valence-corrected chi connectivity index (χ0v) is 13.5. The number of anilines is 1. The molecule has 1 aliphatic rings. The summed E-state index contributed by atoms with van der Waals surface area (Å²) < 4.78 is 0. The van der Waals surface area contributed by atoms with Crippen molar-refractivity contribution in [3.8, 4) is 11.4 Å². The lowest BCUT2D eigenvalue weighted by atomic mass is 10.1. The van der Waals surface area contributed by atoms with Crippen molar-refractivity contribution >= 4 is 11.6 Å². The van der Waals surface area contributed by atoms with Crippen LogP contribution >= 0.6 is 0 Å². The van der Waals surface area contributed by atoms with Crippen LogP contribution in [0.4, 0.5) is 5.69 Å². The molecule has 1 saturated heterocycles. The van der Waals surface area contributed by atoms with Crippen molar-refractivity contribution in [2.45, 2.75) is 38.6 Å². The average molecular weight is 313 g/mol. The molecule has 23 heavy (non-hydrogen) atoms. The summed E-state index contributed by atoms with van der Waals surface area (Å²) in [6, 6.07) is 7.52. The standard InChI is InChI=1S/C17H23N5O/c1-13(22-10-6-2-3-7-11-22)17(23)20-15-9-5-4-8-14(15)16-18-12-19-21-16/h4-5,8-9,12-13H,2-3,6-7,10-11H2,1H3,(H,20,23)(H,18,19,21). The molecule has 1 amide bonds. The first kappa shape index (κ1) is 15.7. The third-order valence-electron chi connectivity index (χ3n) is 4.42. The predicted molar refractivity (Wildman–Crippen MR) is 90.0 cm³/mol. The molecule has 0 radical (unpaired) electrons. The molecular formula is C17H23N5O. The summed E-state index contributed by atoms with van der Waals surface area (Å²) in [5, 5.41) is 9.77. The van der Waals surface area contributed by atoms with E-state index in [0.717, 1.165) is 24.3 Å². The molecule has 0 spiro atoms. The van der Waals surface area contributed by atoms with Crippen molar-refractivity contribution in [1.82, 2.24) is 20.1 Å². The third-order valence-corrected chi connectivity index (χ3v) is 4.42. The first-order chi connectivity index (χ1) is 11.3. The Hall–Kier alpha value is -2.21. The molecule has 2 N–H and O–H groups in total. The monoisotopic (exact) mass is 313 g/mol. The van der Waals surface area contributed by atoms with Gasteiger partial charge in [-0.25, -0.2) is 4.98 Å². The van der Waals surface area contributed by atoms with Gasteiger partial charge in [0.1, 0.15) is 6.33 Å². The summed E-state index contributed by atoms with van der Waals surface area (Å²) >= 11 is 0. The van der Waals surface area contributed by atoms with E-state index in [1.54, 1.807) is 0 Å². The number of hydrogen-bond donors (Lipinski definition) is 2. The van der Waals surface area contributed by atoms with Gasteiger partial charge in [-0.3, -0.25) is 14.8 Å². The number of nitrogens with zero attached hydrogens (tertiary/aromatic N) is 3. The second-order valence-electron chi connectivity index (χ2n) is 6.00. The van der Waals surface area contributed by atoms with Gasteiger partial charge in [-0.05, 0) is 45.0 Å². The number of carbonyl (C=O) groups is 1. The average Bonchev–Trinajstić information content (AvgIpc) is 2.97. The number of likely N-dealkylation sites (tertiary alicyclic amines) is 1. The number of aromatic amines is 1. The predicted octanol–water partition coefficient (Wildman–Crippen LogP) is 2.67. The summed E-state index contributed by atoms with van der Waals surface area (Å²) in [7, 11) is 0. The fraction of sp³-hybridized carbons (Fsp3) is 0.471. The van der Waals surface area contributed by atoms with Crippen LogP contribution < -0.4 is 5.32 Å². The quantitative estimate of drug-likeness (QED) is 0.910. The minimum Gasteiger partial charge on any atom is -0.324 e. The van der Waals surface area contributed by atoms with Crippen LogP contribution in [0.15, 0.2) is 30.6 Å². The molecule has 2 aromatic rings. The molecule has 0 aliphatic carbocycles. The molecular weight excluding hydrogens is 290 g/mol. The molecule has 1 aliphatic heterocycles. The van der Waals surface area contributed by atoms with Crippen molar-refractivity contribution in [2.24, 2.45) is 0 Å². The molecule has 122 valence electrons. The number of benzene rings is 1. The molecule has 1 aromatic heterocycles. The fourth-order valence-electron chi connectivity index (χ4n) is 3.02. The number of para-hydroxylation sites is 1. The molecule has 6 heteroatoms. The van der Waals surface area contributed by atoms with Gasteiger partial charge in [0.2, 0.25) is 5.91 Å². The maximum atomic E-state index is 12.6. The maximum Gasteiger partial charge on any atom is 0.241 e. The van der Waals surface area contributed by atoms with Gasteiger partial charge in [-0.2, -0.15) is 5.10 Å². The minimum atomic E-state index is -0.129. The first-order valence-corrected chi connectivity index (χ1v) is 8.25. The Morgan fingerprint density at radius 2 is 1.96 bits per heavy atom. The van der Waals surface area contributed by atoms with Crippen LogP contribution in [0.1, 0.15) is 32.6 Å². The number of H-pyrrole nitrogens is 1. The van der Waals surface area contributed by atoms with Crippen LogP contribution in [0.5, 0.6) is 0 Å². The van der Waals surface area contributed by atoms with Crippen LogP contribution in [0.25, 0.3) is 11.4 Å². The molecule has 1 fully saturated rings. The number of aromatic nitrogens is 3. The molecule has 0 saturated carbocycles. The van der Waals surface area contributed by atoms with Gasteiger partial charge >= 0.3 is 0 Å². The number of amides is 1. The highest BCUT2D eigenvalue weighted by atomic mass is 16.2. The van der Waals surface area contributed by atoms with E-state index in [1.807, 2.05) is 31.2 Å². The summed E-state index contributed by atoms with van der Waals surface area (Å²) in [6.07, 6.45) is 6.34. The van der Waals surface area contributed by atoms with Gasteiger partial charge in [0.25, 0.3) is 0 Å². The Morgan fingerprint density at radius 3 is 2.65 bits per heavy atom. The van der Waals surface area contributed by atoms with Gasteiger partial charge < -0.3 is 5.32 Å². The highest BCUT2D eigenvalue weighted by molar-refractivity contribution is 5.97. The van der Waals surface area contributed by atoms with E-state index in [9.17, 15) is 4.79 Å². The Labute approximate surface area is 136 Å². The maximum absolute atomic E-state index is 12.6. The van der Waals surface area contributed by atoms with Crippen LogP contribution in [-0.4, -0.2) is 45.1 Å². The van der Waals surface area contributed by atoms with Crippen molar-refractivity contribution in [1.29, 1.82) is 0 Å². The van der Waals surface area contributed by atoms with Gasteiger partial charge in [0.05, 0.1) is 11.7 Å². The first-order valence-electron chi connectivity index (χ1n) is 8.25. The van der Waals surface area contributed by atoms with E-state index >= 15 is 0 Å². The smallest absolute Gasteiger partial charge is 0.241 e. The van der Waals surface area contributed by atoms with Crippen molar-refractivity contribution < 1.29 is 4.79 Å². The van der Waals surface area contributed by atoms with Crippen molar-refractivity contribution in [3.63, 3.8) is 0 Å². The van der Waals surface area contributed by atoms with E-state index < -0.39 is 0 Å². The van der Waals surface area contributed by atoms with E-state index in [4.69, 9.17) is 0 Å². The second kappa shape index (κ2) is 7.37. The largest absolute Gasteiger partial charge is 0.324 e. The summed E-state index contributed by atoms with van der Waals surface area (Å²) in [4.78, 5) is 19.1. The number of carbonyl (C=O) groups excluding carboxylic acids is 1. The molecule has 1 aromatic carbocycles. The Morgan fingerprint density at radius 1 is 1.22 bits per heavy atom. The number of hydrogen-bond acceptors (Lipinski definition) is 4. The minimum absolute atomic E-state index is 0.0267. The van der Waals surface area contributed by atoms with Gasteiger partial charge in [-0.15, -0.1) is 0 Å². The zero-order valence-electron chi connectivity index (χ0n) is 13.5. The Balaban J connectivity index is 1.72. The zero-order chi connectivity index (χ0) is 16.1. The molecule has 0 bridgehead atoms. The van der Waals surface area contributed by atoms with Gasteiger partial charge in [0, 0.05) is 5.56 Å². The molecule has 1 unspecified atom stereocenters. The van der Waals surface area contributed by atoms with E-state index in [-0.39, 0.29) is 11.9 Å². The fourth-order valence-corrected chi connectivity index (χ4v) is 3.02. The van der Waals surface area contributed by atoms with Crippen molar-refractivity contribution in [3.05, 3.63) is 30.6 Å². The lowest BCUT2D eigenvalue weighted by Gasteiger charge is -2.26. The lowest BCUT2D eigenvalue weighted by molar-refractivity contribution is -0.120. The van der Waals surface area contributed by atoms with E-state index in [1.165, 1.54) is 32.0 Å². The molecule has 3 rings (SSSR count). The van der Waals surface area contributed by atoms with Crippen molar-refractivity contribution in [2.75, 3.05) is 18.4 Å². The highest BCUT2D eigenvalue weighted by Crippen LogP contribution is 2.24. The van der Waals surface area contributed by atoms with Crippen LogP contribution in [-0.2, 0) is 4.79 Å². The summed E-state index contributed by atoms with van der Waals surface area (Å²) in [5.74, 6) is 0.683. The van der Waals surface area contributed by atoms with E-state index in [0.29, 0.717) is 5.82 Å². The second-order valence-corrected chi connectivity index (χ2v) is 6.00. The number of rotatable bonds is 4. The van der Waals surface area contributed by atoms with Crippen LogP contribution in [0.3, 0.4) is 0 Å². The molecule has 1 atom stereocenters. The highest BCUT2D eigenvalue weighted by Gasteiger charge is 2.23. The molecule has 2 heterocycles. The summed E-state index contributed by atoms with van der Waals surface area (Å²) in [5.41, 5.74) is 1.61. The van der Waals surface area contributed by atoms with E-state index in [2.05, 4.69) is 25.4 Å². The Bertz CT molecular complexity index is 632. The van der Waals surface area contributed by atoms with Gasteiger partial charge in [0.15, 0.2) is 5.82 Å². The summed E-state index contributed by atoms with van der Waals surface area (Å²) in [6.45, 7) is 3.98. The Kier molecular flexibility index (Phi) is 5.02. The molecule has 6 nitrogen and oxygen atoms in total. The lowest BCUT2D eigenvalue weighted by Crippen LogP contribution is -2.42.